The van der Waals surface area contributed by atoms with E-state index < -0.39 is 0 Å². The average molecular weight is 263 g/mol. The Kier molecular flexibility index (Phi) is 2.77. The van der Waals surface area contributed by atoms with Crippen LogP contribution in [0.25, 0.3) is 0 Å². The summed E-state index contributed by atoms with van der Waals surface area (Å²) in [6.07, 6.45) is 0. The summed E-state index contributed by atoms with van der Waals surface area (Å²) in [5.41, 5.74) is 2.69. The molecule has 1 aliphatic rings. The van der Waals surface area contributed by atoms with Gasteiger partial charge in [-0.2, -0.15) is 0 Å². The van der Waals surface area contributed by atoms with E-state index in [1.165, 1.54) is 0 Å². The predicted molar refractivity (Wildman–Crippen MR) is 69.0 cm³/mol. The minimum Gasteiger partial charge on any atom is -0.508 e. The molecule has 0 spiro atoms. The molecule has 6 heteroatoms. The van der Waals surface area contributed by atoms with Crippen LogP contribution in [0, 0.1) is 0 Å². The first-order valence-electron chi connectivity index (χ1n) is 5.54. The fraction of sp³-hybridized carbons (Fsp3) is 0.167. The second kappa shape index (κ2) is 4.44. The van der Waals surface area contributed by atoms with Gasteiger partial charge in [0.2, 0.25) is 5.28 Å². The fourth-order valence-electron chi connectivity index (χ4n) is 1.96. The number of hydrogen-bond acceptors (Lipinski definition) is 5. The van der Waals surface area contributed by atoms with Gasteiger partial charge in [-0.3, -0.25) is 0 Å². The van der Waals surface area contributed by atoms with Gasteiger partial charge in [0.05, 0.1) is 5.69 Å². The lowest BCUT2D eigenvalue weighted by Crippen LogP contribution is -2.02. The number of halogens is 1. The summed E-state index contributed by atoms with van der Waals surface area (Å²) < 4.78 is 0. The highest BCUT2D eigenvalue weighted by molar-refractivity contribution is 6.28. The van der Waals surface area contributed by atoms with E-state index in [2.05, 4.69) is 20.6 Å². The first kappa shape index (κ1) is 11.3. The molecule has 0 aliphatic carbocycles. The highest BCUT2D eigenvalue weighted by Crippen LogP contribution is 2.26. The molecule has 1 aliphatic heterocycles. The molecule has 0 saturated carbocycles. The third-order valence-corrected chi connectivity index (χ3v) is 2.94. The van der Waals surface area contributed by atoms with Crippen molar-refractivity contribution in [2.24, 2.45) is 0 Å². The highest BCUT2D eigenvalue weighted by Gasteiger charge is 2.18. The van der Waals surface area contributed by atoms with Crippen LogP contribution in [-0.4, -0.2) is 15.1 Å². The third kappa shape index (κ3) is 2.10. The maximum atomic E-state index is 9.43. The Balaban J connectivity index is 1.98. The van der Waals surface area contributed by atoms with Gasteiger partial charge in [-0.25, -0.2) is 9.97 Å². The SMILES string of the molecule is Oc1cccc(Nc2nc(Cl)nc3c2CNC3)c1. The van der Waals surface area contributed by atoms with Crippen molar-refractivity contribution in [3.63, 3.8) is 0 Å². The van der Waals surface area contributed by atoms with Crippen LogP contribution in [0.1, 0.15) is 11.3 Å². The van der Waals surface area contributed by atoms with Gasteiger partial charge < -0.3 is 15.7 Å². The molecule has 2 aromatic rings. The van der Waals surface area contributed by atoms with Crippen molar-refractivity contribution in [2.45, 2.75) is 13.1 Å². The van der Waals surface area contributed by atoms with Crippen molar-refractivity contribution in [1.29, 1.82) is 0 Å². The molecule has 1 aromatic heterocycles. The van der Waals surface area contributed by atoms with Gasteiger partial charge in [-0.15, -0.1) is 0 Å². The number of benzene rings is 1. The Bertz CT molecular complexity index is 603. The molecule has 0 saturated heterocycles. The summed E-state index contributed by atoms with van der Waals surface area (Å²) in [5.74, 6) is 0.885. The van der Waals surface area contributed by atoms with E-state index in [1.54, 1.807) is 18.2 Å². The molecule has 1 aromatic carbocycles. The summed E-state index contributed by atoms with van der Waals surface area (Å²) in [6.45, 7) is 1.42. The number of phenolic OH excluding ortho intramolecular Hbond substituents is 1. The van der Waals surface area contributed by atoms with Crippen molar-refractivity contribution >= 4 is 23.1 Å². The molecule has 5 nitrogen and oxygen atoms in total. The smallest absolute Gasteiger partial charge is 0.224 e. The average Bonchev–Trinajstić information content (AvgIpc) is 2.77. The van der Waals surface area contributed by atoms with Gasteiger partial charge in [0.25, 0.3) is 0 Å². The molecule has 0 amide bonds. The Morgan fingerprint density at radius 1 is 1.28 bits per heavy atom. The number of phenols is 1. The number of nitrogens with zero attached hydrogens (tertiary/aromatic N) is 2. The molecular formula is C12H11ClN4O. The van der Waals surface area contributed by atoms with E-state index in [9.17, 15) is 5.11 Å². The zero-order valence-corrected chi connectivity index (χ0v) is 10.2. The molecule has 0 atom stereocenters. The number of aromatic hydroxyl groups is 1. The molecule has 0 bridgehead atoms. The van der Waals surface area contributed by atoms with Crippen molar-refractivity contribution in [3.05, 3.63) is 40.8 Å². The van der Waals surface area contributed by atoms with E-state index >= 15 is 0 Å². The van der Waals surface area contributed by atoms with E-state index in [0.29, 0.717) is 18.9 Å². The largest absolute Gasteiger partial charge is 0.508 e. The van der Waals surface area contributed by atoms with Crippen LogP contribution >= 0.6 is 11.6 Å². The molecule has 18 heavy (non-hydrogen) atoms. The number of rotatable bonds is 2. The summed E-state index contributed by atoms with van der Waals surface area (Å²) >= 11 is 5.89. The van der Waals surface area contributed by atoms with E-state index in [4.69, 9.17) is 11.6 Å². The molecule has 92 valence electrons. The molecule has 0 unspecified atom stereocenters. The minimum absolute atomic E-state index is 0.204. The number of nitrogens with one attached hydrogen (secondary N) is 2. The first-order chi connectivity index (χ1) is 8.72. The maximum absolute atomic E-state index is 9.43. The normalized spacial score (nSPS) is 13.4. The van der Waals surface area contributed by atoms with Crippen molar-refractivity contribution in [2.75, 3.05) is 5.32 Å². The van der Waals surface area contributed by atoms with E-state index in [-0.39, 0.29) is 11.0 Å². The summed E-state index contributed by atoms with van der Waals surface area (Å²) in [6, 6.07) is 6.86. The molecule has 2 heterocycles. The van der Waals surface area contributed by atoms with Crippen LogP contribution in [0.4, 0.5) is 11.5 Å². The summed E-state index contributed by atoms with van der Waals surface area (Å²) in [5, 5.41) is 16.0. The second-order valence-corrected chi connectivity index (χ2v) is 4.38. The quantitative estimate of drug-likeness (QED) is 0.724. The standard InChI is InChI=1S/C12H11ClN4O/c13-12-16-10-6-14-5-9(10)11(17-12)15-7-2-1-3-8(18)4-7/h1-4,14,18H,5-6H2,(H,15,16,17). The predicted octanol–water partition coefficient (Wildman–Crippen LogP) is 2.18. The number of fused-ring (bicyclic) bond motifs is 1. The van der Waals surface area contributed by atoms with Crippen molar-refractivity contribution in [1.82, 2.24) is 15.3 Å². The zero-order valence-electron chi connectivity index (χ0n) is 9.44. The Hall–Kier alpha value is -1.85. The monoisotopic (exact) mass is 262 g/mol. The lowest BCUT2D eigenvalue weighted by Gasteiger charge is -2.10. The Morgan fingerprint density at radius 2 is 2.17 bits per heavy atom. The summed E-state index contributed by atoms with van der Waals surface area (Å²) in [7, 11) is 0. The fourth-order valence-corrected chi connectivity index (χ4v) is 2.15. The van der Waals surface area contributed by atoms with Crippen LogP contribution in [0.15, 0.2) is 24.3 Å². The van der Waals surface area contributed by atoms with Gasteiger partial charge in [0, 0.05) is 30.4 Å². The van der Waals surface area contributed by atoms with Crippen LogP contribution in [0.2, 0.25) is 5.28 Å². The topological polar surface area (TPSA) is 70.1 Å². The van der Waals surface area contributed by atoms with Gasteiger partial charge in [-0.05, 0) is 23.7 Å². The highest BCUT2D eigenvalue weighted by atomic mass is 35.5. The Morgan fingerprint density at radius 3 is 3.00 bits per heavy atom. The van der Waals surface area contributed by atoms with Crippen LogP contribution in [0.3, 0.4) is 0 Å². The van der Waals surface area contributed by atoms with E-state index in [0.717, 1.165) is 16.9 Å². The maximum Gasteiger partial charge on any atom is 0.224 e. The minimum atomic E-state index is 0.204. The number of hydrogen-bond donors (Lipinski definition) is 3. The van der Waals surface area contributed by atoms with E-state index in [1.807, 2.05) is 6.07 Å². The van der Waals surface area contributed by atoms with Gasteiger partial charge >= 0.3 is 0 Å². The van der Waals surface area contributed by atoms with Crippen LogP contribution in [-0.2, 0) is 13.1 Å². The molecule has 3 rings (SSSR count). The lowest BCUT2D eigenvalue weighted by molar-refractivity contribution is 0.475. The number of anilines is 2. The number of aromatic nitrogens is 2. The van der Waals surface area contributed by atoms with Gasteiger partial charge in [0.15, 0.2) is 0 Å². The van der Waals surface area contributed by atoms with Gasteiger partial charge in [-0.1, -0.05) is 6.07 Å². The third-order valence-electron chi connectivity index (χ3n) is 2.77. The van der Waals surface area contributed by atoms with Crippen molar-refractivity contribution in [3.8, 4) is 5.75 Å². The second-order valence-electron chi connectivity index (χ2n) is 4.05. The molecule has 3 N–H and O–H groups in total. The Labute approximate surface area is 109 Å². The van der Waals surface area contributed by atoms with Crippen LogP contribution in [0.5, 0.6) is 5.75 Å². The molecular weight excluding hydrogens is 252 g/mol. The van der Waals surface area contributed by atoms with Crippen molar-refractivity contribution < 1.29 is 5.11 Å². The first-order valence-corrected chi connectivity index (χ1v) is 5.92. The molecule has 0 fully saturated rings. The molecule has 0 radical (unpaired) electrons. The van der Waals surface area contributed by atoms with Crippen LogP contribution < -0.4 is 10.6 Å². The lowest BCUT2D eigenvalue weighted by atomic mass is 10.2. The summed E-state index contributed by atoms with van der Waals surface area (Å²) in [4.78, 5) is 8.37. The zero-order chi connectivity index (χ0) is 12.5. The van der Waals surface area contributed by atoms with Gasteiger partial charge in [0.1, 0.15) is 11.6 Å².